The Balaban J connectivity index is 2.89. The number of carbonyl (C=O) groups excluding carboxylic acids is 1. The van der Waals surface area contributed by atoms with Crippen molar-refractivity contribution in [1.82, 2.24) is 5.32 Å². The van der Waals surface area contributed by atoms with E-state index in [0.717, 1.165) is 10.0 Å². The highest BCUT2D eigenvalue weighted by atomic mass is 79.9. The van der Waals surface area contributed by atoms with Gasteiger partial charge in [0.2, 0.25) is 5.91 Å². The molecule has 2 unspecified atom stereocenters. The van der Waals surface area contributed by atoms with E-state index in [1.165, 1.54) is 11.8 Å². The first kappa shape index (κ1) is 16.0. The molecule has 0 bridgehead atoms. The number of carbonyl (C=O) groups is 2. The number of carboxylic acids is 1. The van der Waals surface area contributed by atoms with Gasteiger partial charge in [-0.3, -0.25) is 9.59 Å². The molecular weight excluding hydrogens is 330 g/mol. The van der Waals surface area contributed by atoms with Gasteiger partial charge in [0.05, 0.1) is 17.7 Å². The number of thioether (sulfide) groups is 1. The summed E-state index contributed by atoms with van der Waals surface area (Å²) in [5, 5.41) is 11.5. The molecule has 2 atom stereocenters. The summed E-state index contributed by atoms with van der Waals surface area (Å²) in [6.45, 7) is 1.79. The predicted octanol–water partition coefficient (Wildman–Crippen LogP) is 2.83. The highest BCUT2D eigenvalue weighted by Gasteiger charge is 2.20. The maximum atomic E-state index is 11.9. The minimum atomic E-state index is -0.943. The standard InChI is InChI=1S/C13H16BrNO3S/c1-8(19-2)13(18)15-11(7-12(16)17)9-4-3-5-10(14)6-9/h3-6,8,11H,7H2,1-2H3,(H,15,18)(H,16,17). The molecule has 6 heteroatoms. The van der Waals surface area contributed by atoms with E-state index >= 15 is 0 Å². The second-order valence-corrected chi connectivity index (χ2v) is 6.19. The lowest BCUT2D eigenvalue weighted by molar-refractivity contribution is -0.137. The number of rotatable bonds is 6. The number of halogens is 1. The van der Waals surface area contributed by atoms with Crippen molar-refractivity contribution in [2.24, 2.45) is 0 Å². The van der Waals surface area contributed by atoms with Crippen molar-refractivity contribution in [2.75, 3.05) is 6.26 Å². The Kier molecular flexibility index (Phi) is 6.37. The number of nitrogens with one attached hydrogen (secondary N) is 1. The monoisotopic (exact) mass is 345 g/mol. The highest BCUT2D eigenvalue weighted by molar-refractivity contribution is 9.10. The van der Waals surface area contributed by atoms with Crippen LogP contribution in [0.4, 0.5) is 0 Å². The highest BCUT2D eigenvalue weighted by Crippen LogP contribution is 2.21. The summed E-state index contributed by atoms with van der Waals surface area (Å²) >= 11 is 4.76. The quantitative estimate of drug-likeness (QED) is 0.831. The van der Waals surface area contributed by atoms with Gasteiger partial charge < -0.3 is 10.4 Å². The summed E-state index contributed by atoms with van der Waals surface area (Å²) in [5.74, 6) is -1.10. The van der Waals surface area contributed by atoms with E-state index in [2.05, 4.69) is 21.2 Å². The van der Waals surface area contributed by atoms with Crippen molar-refractivity contribution in [2.45, 2.75) is 24.6 Å². The average Bonchev–Trinajstić information content (AvgIpc) is 2.36. The summed E-state index contributed by atoms with van der Waals surface area (Å²) < 4.78 is 0.854. The van der Waals surface area contributed by atoms with Crippen LogP contribution in [-0.2, 0) is 9.59 Å². The first-order valence-corrected chi connectivity index (χ1v) is 7.82. The summed E-state index contributed by atoms with van der Waals surface area (Å²) in [6.07, 6.45) is 1.71. The zero-order valence-electron chi connectivity index (χ0n) is 10.7. The number of aliphatic carboxylic acids is 1. The topological polar surface area (TPSA) is 66.4 Å². The molecule has 0 radical (unpaired) electrons. The third kappa shape index (κ3) is 5.24. The van der Waals surface area contributed by atoms with Crippen LogP contribution in [0.15, 0.2) is 28.7 Å². The maximum Gasteiger partial charge on any atom is 0.305 e. The van der Waals surface area contributed by atoms with Crippen LogP contribution in [-0.4, -0.2) is 28.5 Å². The van der Waals surface area contributed by atoms with E-state index in [1.807, 2.05) is 30.5 Å². The minimum absolute atomic E-state index is 0.136. The van der Waals surface area contributed by atoms with Crippen molar-refractivity contribution >= 4 is 39.6 Å². The molecule has 1 rings (SSSR count). The largest absolute Gasteiger partial charge is 0.481 e. The fourth-order valence-corrected chi connectivity index (χ4v) is 2.25. The first-order valence-electron chi connectivity index (χ1n) is 5.74. The lowest BCUT2D eigenvalue weighted by atomic mass is 10.0. The summed E-state index contributed by atoms with van der Waals surface area (Å²) in [4.78, 5) is 22.8. The van der Waals surface area contributed by atoms with Crippen LogP contribution >= 0.6 is 27.7 Å². The van der Waals surface area contributed by atoms with E-state index in [0.29, 0.717) is 0 Å². The van der Waals surface area contributed by atoms with Crippen molar-refractivity contribution in [1.29, 1.82) is 0 Å². The fraction of sp³-hybridized carbons (Fsp3) is 0.385. The van der Waals surface area contributed by atoms with Gasteiger partial charge in [0.25, 0.3) is 0 Å². The van der Waals surface area contributed by atoms with Gasteiger partial charge in [0.15, 0.2) is 0 Å². The Hall–Kier alpha value is -1.01. The van der Waals surface area contributed by atoms with Crippen molar-refractivity contribution in [3.05, 3.63) is 34.3 Å². The van der Waals surface area contributed by atoms with Crippen LogP contribution in [0.25, 0.3) is 0 Å². The zero-order valence-corrected chi connectivity index (χ0v) is 13.1. The molecule has 0 aliphatic heterocycles. The molecule has 0 aliphatic carbocycles. The first-order chi connectivity index (χ1) is 8.93. The van der Waals surface area contributed by atoms with Gasteiger partial charge in [-0.25, -0.2) is 0 Å². The SMILES string of the molecule is CSC(C)C(=O)NC(CC(=O)O)c1cccc(Br)c1. The van der Waals surface area contributed by atoms with Crippen LogP contribution in [0.3, 0.4) is 0 Å². The lowest BCUT2D eigenvalue weighted by Gasteiger charge is -2.19. The molecule has 0 saturated heterocycles. The van der Waals surface area contributed by atoms with Gasteiger partial charge in [-0.15, -0.1) is 0 Å². The molecule has 1 aromatic carbocycles. The van der Waals surface area contributed by atoms with Crippen LogP contribution in [0, 0.1) is 0 Å². The summed E-state index contributed by atoms with van der Waals surface area (Å²) in [6, 6.07) is 6.78. The van der Waals surface area contributed by atoms with E-state index < -0.39 is 12.0 Å². The molecule has 0 spiro atoms. The van der Waals surface area contributed by atoms with Gasteiger partial charge in [0, 0.05) is 4.47 Å². The molecule has 104 valence electrons. The Bertz CT molecular complexity index is 467. The van der Waals surface area contributed by atoms with Crippen LogP contribution in [0.2, 0.25) is 0 Å². The minimum Gasteiger partial charge on any atom is -0.481 e. The lowest BCUT2D eigenvalue weighted by Crippen LogP contribution is -2.35. The van der Waals surface area contributed by atoms with Gasteiger partial charge in [-0.2, -0.15) is 11.8 Å². The second kappa shape index (κ2) is 7.55. The molecule has 0 fully saturated rings. The molecule has 2 N–H and O–H groups in total. The van der Waals surface area contributed by atoms with Crippen LogP contribution < -0.4 is 5.32 Å². The molecule has 4 nitrogen and oxygen atoms in total. The van der Waals surface area contributed by atoms with Crippen molar-refractivity contribution in [3.8, 4) is 0 Å². The number of amides is 1. The van der Waals surface area contributed by atoms with Crippen molar-refractivity contribution < 1.29 is 14.7 Å². The molecule has 0 aromatic heterocycles. The number of benzene rings is 1. The van der Waals surface area contributed by atoms with Gasteiger partial charge in [-0.05, 0) is 30.9 Å². The Morgan fingerprint density at radius 1 is 1.47 bits per heavy atom. The third-order valence-corrected chi connectivity index (χ3v) is 4.08. The Morgan fingerprint density at radius 2 is 2.16 bits per heavy atom. The Labute approximate surface area is 125 Å². The van der Waals surface area contributed by atoms with Crippen LogP contribution in [0.5, 0.6) is 0 Å². The molecular formula is C13H16BrNO3S. The van der Waals surface area contributed by atoms with Crippen molar-refractivity contribution in [3.63, 3.8) is 0 Å². The molecule has 19 heavy (non-hydrogen) atoms. The Morgan fingerprint density at radius 3 is 2.68 bits per heavy atom. The molecule has 0 saturated carbocycles. The maximum absolute atomic E-state index is 11.9. The number of carboxylic acid groups (broad SMARTS) is 1. The zero-order chi connectivity index (χ0) is 14.4. The number of hydrogen-bond acceptors (Lipinski definition) is 3. The average molecular weight is 346 g/mol. The number of hydrogen-bond donors (Lipinski definition) is 2. The van der Waals surface area contributed by atoms with E-state index in [9.17, 15) is 9.59 Å². The van der Waals surface area contributed by atoms with E-state index in [1.54, 1.807) is 6.92 Å². The predicted molar refractivity (Wildman–Crippen MR) is 80.3 cm³/mol. The smallest absolute Gasteiger partial charge is 0.305 e. The summed E-state index contributed by atoms with van der Waals surface area (Å²) in [7, 11) is 0. The fourth-order valence-electron chi connectivity index (χ4n) is 1.55. The molecule has 0 aliphatic rings. The third-order valence-electron chi connectivity index (χ3n) is 2.67. The second-order valence-electron chi connectivity index (χ2n) is 4.09. The van der Waals surface area contributed by atoms with E-state index in [-0.39, 0.29) is 17.6 Å². The van der Waals surface area contributed by atoms with E-state index in [4.69, 9.17) is 5.11 Å². The van der Waals surface area contributed by atoms with Gasteiger partial charge >= 0.3 is 5.97 Å². The van der Waals surface area contributed by atoms with Gasteiger partial charge in [-0.1, -0.05) is 28.1 Å². The van der Waals surface area contributed by atoms with Crippen LogP contribution in [0.1, 0.15) is 24.9 Å². The normalized spacial score (nSPS) is 13.6. The van der Waals surface area contributed by atoms with Gasteiger partial charge in [0.1, 0.15) is 0 Å². The molecule has 1 aromatic rings. The summed E-state index contributed by atoms with van der Waals surface area (Å²) in [5.41, 5.74) is 0.776. The molecule has 1 amide bonds. The molecule has 0 heterocycles.